The number of piperazine rings is 1. The Morgan fingerprint density at radius 1 is 1.26 bits per heavy atom. The quantitative estimate of drug-likeness (QED) is 0.572. The van der Waals surface area contributed by atoms with E-state index < -0.39 is 0 Å². The average Bonchev–Trinajstić information content (AvgIpc) is 3.29. The van der Waals surface area contributed by atoms with Gasteiger partial charge in [0, 0.05) is 18.0 Å². The number of para-hydroxylation sites is 1. The number of furan rings is 1. The highest BCUT2D eigenvalue weighted by Crippen LogP contribution is 2.28. The molecule has 0 unspecified atom stereocenters. The lowest BCUT2D eigenvalue weighted by atomic mass is 10.2. The van der Waals surface area contributed by atoms with Gasteiger partial charge in [-0.05, 0) is 18.2 Å². The molecular weight excluding hydrogens is 346 g/mol. The largest absolute Gasteiger partial charge is 0.474 e. The Kier molecular flexibility index (Phi) is 3.75. The van der Waals surface area contributed by atoms with Gasteiger partial charge in [-0.25, -0.2) is 9.50 Å². The van der Waals surface area contributed by atoms with Crippen molar-refractivity contribution in [1.29, 1.82) is 0 Å². The van der Waals surface area contributed by atoms with Gasteiger partial charge in [-0.1, -0.05) is 18.2 Å². The minimum Gasteiger partial charge on any atom is -0.474 e. The monoisotopic (exact) mass is 363 g/mol. The first-order valence-corrected chi connectivity index (χ1v) is 8.73. The van der Waals surface area contributed by atoms with Crippen LogP contribution < -0.4 is 15.4 Å². The van der Waals surface area contributed by atoms with Crippen LogP contribution in [0.2, 0.25) is 0 Å². The molecule has 8 heteroatoms. The second kappa shape index (κ2) is 6.40. The lowest BCUT2D eigenvalue weighted by Crippen LogP contribution is -2.54. The molecule has 1 aliphatic heterocycles. The van der Waals surface area contributed by atoms with Crippen molar-refractivity contribution in [3.05, 3.63) is 48.7 Å². The van der Waals surface area contributed by atoms with Gasteiger partial charge >= 0.3 is 0 Å². The Morgan fingerprint density at radius 2 is 2.19 bits per heavy atom. The average molecular weight is 363 g/mol. The van der Waals surface area contributed by atoms with Gasteiger partial charge in [0.25, 0.3) is 0 Å². The van der Waals surface area contributed by atoms with Crippen LogP contribution in [0.1, 0.15) is 0 Å². The maximum Gasteiger partial charge on any atom is 0.234 e. The molecule has 2 N–H and O–H groups in total. The molecule has 27 heavy (non-hydrogen) atoms. The van der Waals surface area contributed by atoms with Gasteiger partial charge in [-0.2, -0.15) is 0 Å². The molecule has 1 fully saturated rings. The zero-order valence-electron chi connectivity index (χ0n) is 14.4. The van der Waals surface area contributed by atoms with E-state index in [9.17, 15) is 4.79 Å². The molecule has 136 valence electrons. The first kappa shape index (κ1) is 15.8. The van der Waals surface area contributed by atoms with E-state index in [1.807, 2.05) is 36.4 Å². The fourth-order valence-corrected chi connectivity index (χ4v) is 3.19. The SMILES string of the molecule is O=C1CNC[C@H](COc2ccc3ncc(-c4cc5ccccc5o4)n3n2)N1. The number of aromatic nitrogens is 3. The van der Waals surface area contributed by atoms with Crippen LogP contribution in [0, 0.1) is 0 Å². The van der Waals surface area contributed by atoms with E-state index >= 15 is 0 Å². The number of amides is 1. The van der Waals surface area contributed by atoms with Gasteiger partial charge in [0.05, 0.1) is 18.8 Å². The molecule has 1 amide bonds. The Balaban J connectivity index is 1.43. The summed E-state index contributed by atoms with van der Waals surface area (Å²) in [4.78, 5) is 15.8. The summed E-state index contributed by atoms with van der Waals surface area (Å²) in [6.07, 6.45) is 1.73. The number of nitrogens with zero attached hydrogens (tertiary/aromatic N) is 3. The number of benzene rings is 1. The van der Waals surface area contributed by atoms with Gasteiger partial charge in [0.15, 0.2) is 11.4 Å². The van der Waals surface area contributed by atoms with Gasteiger partial charge < -0.3 is 19.8 Å². The fourth-order valence-electron chi connectivity index (χ4n) is 3.19. The molecule has 1 aromatic carbocycles. The minimum absolute atomic E-state index is 0.0277. The van der Waals surface area contributed by atoms with Crippen LogP contribution in [-0.2, 0) is 4.79 Å². The summed E-state index contributed by atoms with van der Waals surface area (Å²) in [6, 6.07) is 13.3. The number of fused-ring (bicyclic) bond motifs is 2. The molecule has 1 saturated heterocycles. The van der Waals surface area contributed by atoms with Crippen LogP contribution in [-0.4, -0.2) is 46.2 Å². The highest BCUT2D eigenvalue weighted by Gasteiger charge is 2.19. The zero-order chi connectivity index (χ0) is 18.2. The van der Waals surface area contributed by atoms with E-state index in [0.29, 0.717) is 37.0 Å². The van der Waals surface area contributed by atoms with Crippen molar-refractivity contribution in [3.63, 3.8) is 0 Å². The molecule has 8 nitrogen and oxygen atoms in total. The van der Waals surface area contributed by atoms with E-state index in [0.717, 1.165) is 16.7 Å². The van der Waals surface area contributed by atoms with Crippen LogP contribution >= 0.6 is 0 Å². The number of nitrogens with one attached hydrogen (secondary N) is 2. The van der Waals surface area contributed by atoms with E-state index in [1.165, 1.54) is 0 Å². The molecule has 0 radical (unpaired) electrons. The number of rotatable bonds is 4. The third-order valence-electron chi connectivity index (χ3n) is 4.49. The van der Waals surface area contributed by atoms with Crippen molar-refractivity contribution in [3.8, 4) is 17.3 Å². The van der Waals surface area contributed by atoms with Crippen molar-refractivity contribution in [1.82, 2.24) is 25.2 Å². The number of hydrogen-bond donors (Lipinski definition) is 2. The predicted octanol–water partition coefficient (Wildman–Crippen LogP) is 1.61. The lowest BCUT2D eigenvalue weighted by molar-refractivity contribution is -0.122. The van der Waals surface area contributed by atoms with Gasteiger partial charge in [-0.3, -0.25) is 4.79 Å². The second-order valence-corrected chi connectivity index (χ2v) is 6.44. The molecule has 0 spiro atoms. The summed E-state index contributed by atoms with van der Waals surface area (Å²) in [6.45, 7) is 1.35. The van der Waals surface area contributed by atoms with E-state index in [-0.39, 0.29) is 11.9 Å². The highest BCUT2D eigenvalue weighted by atomic mass is 16.5. The molecule has 0 aliphatic carbocycles. The van der Waals surface area contributed by atoms with Gasteiger partial charge in [0.1, 0.15) is 17.9 Å². The smallest absolute Gasteiger partial charge is 0.234 e. The van der Waals surface area contributed by atoms with Crippen molar-refractivity contribution < 1.29 is 13.9 Å². The number of hydrogen-bond acceptors (Lipinski definition) is 6. The topological polar surface area (TPSA) is 93.7 Å². The Labute approximate surface area is 154 Å². The Bertz CT molecular complexity index is 1100. The molecular formula is C19H17N5O3. The first-order valence-electron chi connectivity index (χ1n) is 8.73. The number of ether oxygens (including phenoxy) is 1. The van der Waals surface area contributed by atoms with E-state index in [4.69, 9.17) is 9.15 Å². The molecule has 4 heterocycles. The maximum atomic E-state index is 11.4. The molecule has 0 bridgehead atoms. The van der Waals surface area contributed by atoms with E-state index in [1.54, 1.807) is 16.8 Å². The molecule has 1 aliphatic rings. The number of carbonyl (C=O) groups excluding carboxylic acids is 1. The van der Waals surface area contributed by atoms with Crippen LogP contribution in [0.15, 0.2) is 53.1 Å². The van der Waals surface area contributed by atoms with Crippen molar-refractivity contribution in [2.45, 2.75) is 6.04 Å². The zero-order valence-corrected chi connectivity index (χ0v) is 14.4. The highest BCUT2D eigenvalue weighted by molar-refractivity contribution is 5.82. The number of carbonyl (C=O) groups is 1. The van der Waals surface area contributed by atoms with Gasteiger partial charge in [-0.15, -0.1) is 5.10 Å². The summed E-state index contributed by atoms with van der Waals surface area (Å²) in [5, 5.41) is 11.5. The Hall–Kier alpha value is -3.39. The molecule has 1 atom stereocenters. The normalized spacial score (nSPS) is 17.3. The summed E-state index contributed by atoms with van der Waals surface area (Å²) < 4.78 is 13.4. The lowest BCUT2D eigenvalue weighted by Gasteiger charge is -2.23. The summed E-state index contributed by atoms with van der Waals surface area (Å²) in [7, 11) is 0. The van der Waals surface area contributed by atoms with Crippen LogP contribution in [0.4, 0.5) is 0 Å². The molecule has 4 aromatic rings. The number of imidazole rings is 1. The minimum atomic E-state index is -0.0821. The molecule has 3 aromatic heterocycles. The molecule has 5 rings (SSSR count). The van der Waals surface area contributed by atoms with Crippen LogP contribution in [0.25, 0.3) is 28.1 Å². The van der Waals surface area contributed by atoms with Crippen LogP contribution in [0.3, 0.4) is 0 Å². The van der Waals surface area contributed by atoms with Crippen molar-refractivity contribution in [2.24, 2.45) is 0 Å². The fraction of sp³-hybridized carbons (Fsp3) is 0.211. The van der Waals surface area contributed by atoms with Crippen molar-refractivity contribution in [2.75, 3.05) is 19.7 Å². The predicted molar refractivity (Wildman–Crippen MR) is 98.5 cm³/mol. The summed E-state index contributed by atoms with van der Waals surface area (Å²) in [5.74, 6) is 1.12. The van der Waals surface area contributed by atoms with E-state index in [2.05, 4.69) is 20.7 Å². The third-order valence-corrected chi connectivity index (χ3v) is 4.49. The Morgan fingerprint density at radius 3 is 3.07 bits per heavy atom. The van der Waals surface area contributed by atoms with Gasteiger partial charge in [0.2, 0.25) is 11.8 Å². The standard InChI is InChI=1S/C19H17N5O3/c25-18-10-20-8-13(22-18)11-26-19-6-5-17-21-9-14(24(17)23-19)16-7-12-3-1-2-4-15(12)27-16/h1-7,9,13,20H,8,10-11H2,(H,22,25)/t13-/m1/s1. The maximum absolute atomic E-state index is 11.4. The second-order valence-electron chi connectivity index (χ2n) is 6.44. The van der Waals surface area contributed by atoms with Crippen LogP contribution in [0.5, 0.6) is 5.88 Å². The summed E-state index contributed by atoms with van der Waals surface area (Å²) >= 11 is 0. The first-order chi connectivity index (χ1) is 13.3. The molecule has 0 saturated carbocycles. The summed E-state index contributed by atoms with van der Waals surface area (Å²) in [5.41, 5.74) is 2.26. The van der Waals surface area contributed by atoms with Crippen molar-refractivity contribution >= 4 is 22.5 Å². The third kappa shape index (κ3) is 3.00.